The first-order chi connectivity index (χ1) is 7.77. The summed E-state index contributed by atoms with van der Waals surface area (Å²) in [4.78, 5) is 12.9. The molecule has 1 aliphatic carbocycles. The lowest BCUT2D eigenvalue weighted by Crippen LogP contribution is -2.27. The van der Waals surface area contributed by atoms with E-state index in [2.05, 4.69) is 29.8 Å². The van der Waals surface area contributed by atoms with Crippen molar-refractivity contribution >= 4 is 29.0 Å². The fraction of sp³-hybridized carbons (Fsp3) is 0.583. The molecule has 1 aromatic heterocycles. The lowest BCUT2D eigenvalue weighted by molar-refractivity contribution is -0.122. The van der Waals surface area contributed by atoms with Crippen LogP contribution in [0.5, 0.6) is 0 Å². The molecule has 0 aliphatic heterocycles. The van der Waals surface area contributed by atoms with E-state index in [9.17, 15) is 4.79 Å². The summed E-state index contributed by atoms with van der Waals surface area (Å²) in [5.41, 5.74) is 0. The summed E-state index contributed by atoms with van der Waals surface area (Å²) in [5, 5.41) is 5.10. The molecule has 2 atom stereocenters. The number of hydrogen-bond donors (Lipinski definition) is 1. The third-order valence-electron chi connectivity index (χ3n) is 2.82. The van der Waals surface area contributed by atoms with Gasteiger partial charge in [-0.2, -0.15) is 11.8 Å². The highest BCUT2D eigenvalue weighted by Crippen LogP contribution is 2.37. The first kappa shape index (κ1) is 12.0. The molecule has 0 bridgehead atoms. The SMILES string of the molecule is C[C@H]1C[C@@H]1C(=O)NCCSCc1cccs1. The Morgan fingerprint density at radius 2 is 2.50 bits per heavy atom. The van der Waals surface area contributed by atoms with E-state index in [0.29, 0.717) is 11.8 Å². The molecule has 1 aromatic rings. The van der Waals surface area contributed by atoms with Gasteiger partial charge in [-0.3, -0.25) is 4.79 Å². The fourth-order valence-electron chi connectivity index (χ4n) is 1.63. The van der Waals surface area contributed by atoms with Gasteiger partial charge in [-0.15, -0.1) is 11.3 Å². The number of carbonyl (C=O) groups excluding carboxylic acids is 1. The van der Waals surface area contributed by atoms with Crippen LogP contribution in [-0.2, 0) is 10.5 Å². The van der Waals surface area contributed by atoms with Crippen molar-refractivity contribution in [3.8, 4) is 0 Å². The Morgan fingerprint density at radius 3 is 3.12 bits per heavy atom. The third-order valence-corrected chi connectivity index (χ3v) is 4.88. The van der Waals surface area contributed by atoms with E-state index in [1.165, 1.54) is 4.88 Å². The molecule has 0 spiro atoms. The quantitative estimate of drug-likeness (QED) is 0.792. The van der Waals surface area contributed by atoms with Crippen LogP contribution in [0.15, 0.2) is 17.5 Å². The van der Waals surface area contributed by atoms with Gasteiger partial charge in [0.2, 0.25) is 5.91 Å². The predicted molar refractivity (Wildman–Crippen MR) is 70.8 cm³/mol. The molecule has 0 aromatic carbocycles. The van der Waals surface area contributed by atoms with Crippen LogP contribution >= 0.6 is 23.1 Å². The average molecular weight is 255 g/mol. The van der Waals surface area contributed by atoms with Crippen molar-refractivity contribution in [3.63, 3.8) is 0 Å². The molecule has 1 fully saturated rings. The van der Waals surface area contributed by atoms with E-state index in [4.69, 9.17) is 0 Å². The number of thiophene rings is 1. The molecule has 1 aliphatic rings. The Hall–Kier alpha value is -0.480. The second kappa shape index (κ2) is 5.73. The Morgan fingerprint density at radius 1 is 1.69 bits per heavy atom. The molecule has 1 heterocycles. The lowest BCUT2D eigenvalue weighted by atomic mass is 10.3. The van der Waals surface area contributed by atoms with Crippen molar-refractivity contribution in [3.05, 3.63) is 22.4 Å². The maximum Gasteiger partial charge on any atom is 0.223 e. The minimum absolute atomic E-state index is 0.254. The van der Waals surface area contributed by atoms with E-state index in [1.54, 1.807) is 11.3 Å². The molecule has 4 heteroatoms. The summed E-state index contributed by atoms with van der Waals surface area (Å²) in [6.07, 6.45) is 1.08. The zero-order valence-corrected chi connectivity index (χ0v) is 11.1. The number of hydrogen-bond acceptors (Lipinski definition) is 3. The van der Waals surface area contributed by atoms with Crippen LogP contribution in [0, 0.1) is 11.8 Å². The van der Waals surface area contributed by atoms with Crippen molar-refractivity contribution in [2.45, 2.75) is 19.1 Å². The van der Waals surface area contributed by atoms with Gasteiger partial charge in [0.15, 0.2) is 0 Å². The predicted octanol–water partition coefficient (Wildman–Crippen LogP) is 2.75. The fourth-order valence-corrected chi connectivity index (χ4v) is 3.33. The Kier molecular flexibility index (Phi) is 4.29. The molecule has 1 amide bonds. The van der Waals surface area contributed by atoms with E-state index < -0.39 is 0 Å². The van der Waals surface area contributed by atoms with Gasteiger partial charge in [-0.1, -0.05) is 13.0 Å². The monoisotopic (exact) mass is 255 g/mol. The number of nitrogens with one attached hydrogen (secondary N) is 1. The molecule has 1 N–H and O–H groups in total. The molecule has 0 unspecified atom stereocenters. The molecule has 2 rings (SSSR count). The van der Waals surface area contributed by atoms with Crippen LogP contribution in [0.3, 0.4) is 0 Å². The molecule has 1 saturated carbocycles. The van der Waals surface area contributed by atoms with Gasteiger partial charge in [-0.25, -0.2) is 0 Å². The van der Waals surface area contributed by atoms with Crippen LogP contribution in [-0.4, -0.2) is 18.2 Å². The van der Waals surface area contributed by atoms with E-state index in [1.807, 2.05) is 11.8 Å². The Bertz CT molecular complexity index is 337. The first-order valence-electron chi connectivity index (χ1n) is 5.65. The minimum atomic E-state index is 0.254. The topological polar surface area (TPSA) is 29.1 Å². The summed E-state index contributed by atoms with van der Waals surface area (Å²) in [7, 11) is 0. The van der Waals surface area contributed by atoms with Crippen LogP contribution in [0.2, 0.25) is 0 Å². The standard InChI is InChI=1S/C12H17NOS2/c1-9-7-11(9)12(14)13-4-6-15-8-10-3-2-5-16-10/h2-3,5,9,11H,4,6-8H2,1H3,(H,13,14)/t9-,11-/m0/s1. The largest absolute Gasteiger partial charge is 0.355 e. The lowest BCUT2D eigenvalue weighted by Gasteiger charge is -2.03. The summed E-state index contributed by atoms with van der Waals surface area (Å²) in [6.45, 7) is 2.94. The van der Waals surface area contributed by atoms with Crippen molar-refractivity contribution in [2.75, 3.05) is 12.3 Å². The zero-order valence-electron chi connectivity index (χ0n) is 9.44. The van der Waals surface area contributed by atoms with Crippen LogP contribution in [0.25, 0.3) is 0 Å². The molecule has 0 saturated heterocycles. The zero-order chi connectivity index (χ0) is 11.4. The molecule has 2 nitrogen and oxygen atoms in total. The summed E-state index contributed by atoms with van der Waals surface area (Å²) < 4.78 is 0. The minimum Gasteiger partial charge on any atom is -0.355 e. The number of rotatable bonds is 6. The Balaban J connectivity index is 1.50. The summed E-state index contributed by atoms with van der Waals surface area (Å²) in [6, 6.07) is 4.24. The van der Waals surface area contributed by atoms with Crippen LogP contribution in [0.1, 0.15) is 18.2 Å². The summed E-state index contributed by atoms with van der Waals surface area (Å²) >= 11 is 3.68. The third kappa shape index (κ3) is 3.52. The average Bonchev–Trinajstić information content (AvgIpc) is 2.80. The van der Waals surface area contributed by atoms with E-state index in [-0.39, 0.29) is 5.91 Å². The maximum atomic E-state index is 11.5. The second-order valence-electron chi connectivity index (χ2n) is 4.24. The van der Waals surface area contributed by atoms with Crippen molar-refractivity contribution in [1.82, 2.24) is 5.32 Å². The normalized spacial score (nSPS) is 23.1. The van der Waals surface area contributed by atoms with Gasteiger partial charge in [-0.05, 0) is 23.8 Å². The molecule has 0 radical (unpaired) electrons. The van der Waals surface area contributed by atoms with Gasteiger partial charge < -0.3 is 5.32 Å². The van der Waals surface area contributed by atoms with E-state index in [0.717, 1.165) is 24.5 Å². The van der Waals surface area contributed by atoms with Gasteiger partial charge in [0.05, 0.1) is 0 Å². The van der Waals surface area contributed by atoms with Crippen molar-refractivity contribution in [1.29, 1.82) is 0 Å². The molecule has 16 heavy (non-hydrogen) atoms. The molecule has 88 valence electrons. The second-order valence-corrected chi connectivity index (χ2v) is 6.38. The summed E-state index contributed by atoms with van der Waals surface area (Å²) in [5.74, 6) is 3.24. The van der Waals surface area contributed by atoms with Crippen molar-refractivity contribution in [2.24, 2.45) is 11.8 Å². The highest BCUT2D eigenvalue weighted by Gasteiger charge is 2.38. The maximum absolute atomic E-state index is 11.5. The molecular weight excluding hydrogens is 238 g/mol. The number of thioether (sulfide) groups is 1. The van der Waals surface area contributed by atoms with Crippen molar-refractivity contribution < 1.29 is 4.79 Å². The van der Waals surface area contributed by atoms with Gasteiger partial charge in [0.1, 0.15) is 0 Å². The highest BCUT2D eigenvalue weighted by atomic mass is 32.2. The van der Waals surface area contributed by atoms with Crippen LogP contribution < -0.4 is 5.32 Å². The first-order valence-corrected chi connectivity index (χ1v) is 7.68. The smallest absolute Gasteiger partial charge is 0.223 e. The van der Waals surface area contributed by atoms with Gasteiger partial charge in [0.25, 0.3) is 0 Å². The van der Waals surface area contributed by atoms with Gasteiger partial charge >= 0.3 is 0 Å². The number of carbonyl (C=O) groups is 1. The highest BCUT2D eigenvalue weighted by molar-refractivity contribution is 7.98. The number of amides is 1. The molecular formula is C12H17NOS2. The Labute approximate surface area is 105 Å². The van der Waals surface area contributed by atoms with E-state index >= 15 is 0 Å². The van der Waals surface area contributed by atoms with Gasteiger partial charge in [0, 0.05) is 28.8 Å². The van der Waals surface area contributed by atoms with Crippen LogP contribution in [0.4, 0.5) is 0 Å².